The molecule has 1 saturated carbocycles. The minimum atomic E-state index is -0.462. The number of nitrogens with zero attached hydrogens (tertiary/aromatic N) is 2. The van der Waals surface area contributed by atoms with Crippen molar-refractivity contribution in [3.8, 4) is 0 Å². The first kappa shape index (κ1) is 15.0. The number of nitrogens with one attached hydrogen (secondary N) is 3. The van der Waals surface area contributed by atoms with E-state index in [1.807, 2.05) is 0 Å². The van der Waals surface area contributed by atoms with E-state index in [9.17, 15) is 14.9 Å². The van der Waals surface area contributed by atoms with Gasteiger partial charge in [-0.2, -0.15) is 0 Å². The van der Waals surface area contributed by atoms with Crippen LogP contribution in [0.1, 0.15) is 25.7 Å². The maximum absolute atomic E-state index is 11.5. The van der Waals surface area contributed by atoms with Crippen LogP contribution in [0, 0.1) is 10.1 Å². The normalized spacial score (nSPS) is 13.6. The summed E-state index contributed by atoms with van der Waals surface area (Å²) in [7, 11) is 1.65. The molecule has 1 heterocycles. The molecule has 0 saturated heterocycles. The standard InChI is InChI=1S/C13H19N5O3/c1-14-11-7-10(18(20)21)8-12(17-11)15-6-2-3-13(19)16-9-4-5-9/h7-9H,2-6H2,1H3,(H,16,19)(H2,14,15,17). The molecule has 114 valence electrons. The van der Waals surface area contributed by atoms with Crippen molar-refractivity contribution in [3.63, 3.8) is 0 Å². The van der Waals surface area contributed by atoms with Crippen molar-refractivity contribution in [1.29, 1.82) is 0 Å². The maximum Gasteiger partial charge on any atom is 0.276 e. The van der Waals surface area contributed by atoms with E-state index in [-0.39, 0.29) is 11.6 Å². The number of hydrogen-bond acceptors (Lipinski definition) is 6. The number of hydrogen-bond donors (Lipinski definition) is 3. The van der Waals surface area contributed by atoms with Gasteiger partial charge in [0.05, 0.1) is 17.1 Å². The SMILES string of the molecule is CNc1cc([N+](=O)[O-])cc(NCCCC(=O)NC2CC2)n1. The van der Waals surface area contributed by atoms with E-state index in [0.717, 1.165) is 12.8 Å². The van der Waals surface area contributed by atoms with Crippen LogP contribution >= 0.6 is 0 Å². The fourth-order valence-electron chi connectivity index (χ4n) is 1.83. The molecule has 1 aromatic heterocycles. The lowest BCUT2D eigenvalue weighted by molar-refractivity contribution is -0.384. The summed E-state index contributed by atoms with van der Waals surface area (Å²) < 4.78 is 0. The molecule has 0 atom stereocenters. The van der Waals surface area contributed by atoms with Crippen LogP contribution in [-0.2, 0) is 4.79 Å². The summed E-state index contributed by atoms with van der Waals surface area (Å²) in [5.74, 6) is 0.913. The van der Waals surface area contributed by atoms with Crippen LogP contribution in [0.3, 0.4) is 0 Å². The molecule has 8 nitrogen and oxygen atoms in total. The van der Waals surface area contributed by atoms with Gasteiger partial charge in [-0.25, -0.2) is 4.98 Å². The third-order valence-corrected chi connectivity index (χ3v) is 3.11. The lowest BCUT2D eigenvalue weighted by atomic mass is 10.3. The van der Waals surface area contributed by atoms with Crippen LogP contribution in [0.4, 0.5) is 17.3 Å². The topological polar surface area (TPSA) is 109 Å². The van der Waals surface area contributed by atoms with E-state index in [2.05, 4.69) is 20.9 Å². The molecule has 8 heteroatoms. The van der Waals surface area contributed by atoms with E-state index >= 15 is 0 Å². The highest BCUT2D eigenvalue weighted by Crippen LogP contribution is 2.20. The van der Waals surface area contributed by atoms with Crippen molar-refractivity contribution < 1.29 is 9.72 Å². The van der Waals surface area contributed by atoms with Crippen LogP contribution in [0.25, 0.3) is 0 Å². The lowest BCUT2D eigenvalue weighted by Crippen LogP contribution is -2.25. The number of carbonyl (C=O) groups excluding carboxylic acids is 1. The van der Waals surface area contributed by atoms with Gasteiger partial charge in [0.1, 0.15) is 11.6 Å². The molecule has 0 bridgehead atoms. The van der Waals surface area contributed by atoms with Crippen LogP contribution in [0.2, 0.25) is 0 Å². The highest BCUT2D eigenvalue weighted by atomic mass is 16.6. The Bertz CT molecular complexity index is 531. The summed E-state index contributed by atoms with van der Waals surface area (Å²) in [6, 6.07) is 3.13. The first-order valence-corrected chi connectivity index (χ1v) is 6.96. The van der Waals surface area contributed by atoms with Crippen molar-refractivity contribution in [2.24, 2.45) is 0 Å². The van der Waals surface area contributed by atoms with Crippen LogP contribution in [-0.4, -0.2) is 35.4 Å². The zero-order valence-corrected chi connectivity index (χ0v) is 11.9. The fourth-order valence-corrected chi connectivity index (χ4v) is 1.83. The molecule has 2 rings (SSSR count). The van der Waals surface area contributed by atoms with Gasteiger partial charge in [0.25, 0.3) is 5.69 Å². The number of aromatic nitrogens is 1. The smallest absolute Gasteiger partial charge is 0.276 e. The molecule has 1 aliphatic carbocycles. The Kier molecular flexibility index (Phi) is 4.91. The van der Waals surface area contributed by atoms with Crippen molar-refractivity contribution in [1.82, 2.24) is 10.3 Å². The summed E-state index contributed by atoms with van der Waals surface area (Å²) in [6.07, 6.45) is 3.25. The first-order valence-electron chi connectivity index (χ1n) is 6.96. The van der Waals surface area contributed by atoms with Crippen molar-refractivity contribution in [3.05, 3.63) is 22.2 Å². The van der Waals surface area contributed by atoms with Gasteiger partial charge in [0, 0.05) is 26.1 Å². The van der Waals surface area contributed by atoms with Gasteiger partial charge in [0.2, 0.25) is 5.91 Å². The van der Waals surface area contributed by atoms with Crippen molar-refractivity contribution >= 4 is 23.2 Å². The van der Waals surface area contributed by atoms with E-state index in [4.69, 9.17) is 0 Å². The number of nitro groups is 1. The summed E-state index contributed by atoms with van der Waals surface area (Å²) in [6.45, 7) is 0.537. The third kappa shape index (κ3) is 4.90. The van der Waals surface area contributed by atoms with Gasteiger partial charge in [-0.15, -0.1) is 0 Å². The van der Waals surface area contributed by atoms with E-state index in [1.54, 1.807) is 7.05 Å². The summed E-state index contributed by atoms with van der Waals surface area (Å²) in [4.78, 5) is 26.0. The van der Waals surface area contributed by atoms with Gasteiger partial charge in [-0.05, 0) is 19.3 Å². The second kappa shape index (κ2) is 6.87. The second-order valence-corrected chi connectivity index (χ2v) is 4.98. The Morgan fingerprint density at radius 2 is 2.14 bits per heavy atom. The average Bonchev–Trinajstić information content (AvgIpc) is 3.27. The quantitative estimate of drug-likeness (QED) is 0.381. The van der Waals surface area contributed by atoms with Gasteiger partial charge in [0.15, 0.2) is 0 Å². The molecular formula is C13H19N5O3. The number of pyridine rings is 1. The monoisotopic (exact) mass is 293 g/mol. The molecule has 0 aliphatic heterocycles. The van der Waals surface area contributed by atoms with E-state index in [0.29, 0.717) is 37.1 Å². The minimum Gasteiger partial charge on any atom is -0.373 e. The van der Waals surface area contributed by atoms with Gasteiger partial charge >= 0.3 is 0 Å². The molecule has 1 aliphatic rings. The lowest BCUT2D eigenvalue weighted by Gasteiger charge is -2.08. The summed E-state index contributed by atoms with van der Waals surface area (Å²) in [5, 5.41) is 19.5. The third-order valence-electron chi connectivity index (χ3n) is 3.11. The van der Waals surface area contributed by atoms with Crippen molar-refractivity contribution in [2.75, 3.05) is 24.2 Å². The molecule has 1 fully saturated rings. The Balaban J connectivity index is 1.80. The Hall–Kier alpha value is -2.38. The van der Waals surface area contributed by atoms with Crippen molar-refractivity contribution in [2.45, 2.75) is 31.7 Å². The number of rotatable bonds is 8. The highest BCUT2D eigenvalue weighted by Gasteiger charge is 2.22. The van der Waals surface area contributed by atoms with Gasteiger partial charge < -0.3 is 16.0 Å². The van der Waals surface area contributed by atoms with E-state index in [1.165, 1.54) is 12.1 Å². The minimum absolute atomic E-state index is 0.0247. The number of anilines is 2. The summed E-state index contributed by atoms with van der Waals surface area (Å²) >= 11 is 0. The van der Waals surface area contributed by atoms with Crippen LogP contribution in [0.5, 0.6) is 0 Å². The fraction of sp³-hybridized carbons (Fsp3) is 0.538. The van der Waals surface area contributed by atoms with Crippen LogP contribution < -0.4 is 16.0 Å². The van der Waals surface area contributed by atoms with Gasteiger partial charge in [-0.3, -0.25) is 14.9 Å². The zero-order valence-electron chi connectivity index (χ0n) is 11.9. The Morgan fingerprint density at radius 3 is 2.76 bits per heavy atom. The molecule has 1 aromatic rings. The highest BCUT2D eigenvalue weighted by molar-refractivity contribution is 5.76. The molecular weight excluding hydrogens is 274 g/mol. The zero-order chi connectivity index (χ0) is 15.2. The predicted molar refractivity (Wildman–Crippen MR) is 79.3 cm³/mol. The van der Waals surface area contributed by atoms with Crippen LogP contribution in [0.15, 0.2) is 12.1 Å². The largest absolute Gasteiger partial charge is 0.373 e. The molecule has 0 aromatic carbocycles. The molecule has 0 unspecified atom stereocenters. The first-order chi connectivity index (χ1) is 10.1. The van der Waals surface area contributed by atoms with Gasteiger partial charge in [-0.1, -0.05) is 0 Å². The number of carbonyl (C=O) groups is 1. The molecule has 0 spiro atoms. The molecule has 21 heavy (non-hydrogen) atoms. The Morgan fingerprint density at radius 1 is 1.43 bits per heavy atom. The Labute approximate surface area is 122 Å². The average molecular weight is 293 g/mol. The maximum atomic E-state index is 11.5. The molecule has 0 radical (unpaired) electrons. The van der Waals surface area contributed by atoms with E-state index < -0.39 is 4.92 Å². The summed E-state index contributed by atoms with van der Waals surface area (Å²) in [5.41, 5.74) is -0.0247. The second-order valence-electron chi connectivity index (χ2n) is 4.98. The molecule has 1 amide bonds. The predicted octanol–water partition coefficient (Wildman–Crippen LogP) is 1.50. The molecule has 3 N–H and O–H groups in total. The number of amides is 1.